The third-order valence-electron chi connectivity index (χ3n) is 12.4. The smallest absolute Gasteiger partial charge is 0.305 e. The summed E-state index contributed by atoms with van der Waals surface area (Å²) in [6.07, 6.45) is 63.0. The van der Waals surface area contributed by atoms with E-state index in [4.69, 9.17) is 4.74 Å². The maximum absolute atomic E-state index is 12.4. The molecule has 1 amide bonds. The van der Waals surface area contributed by atoms with E-state index in [1.165, 1.54) is 180 Å². The molecule has 2 unspecified atom stereocenters. The molecule has 2 atom stereocenters. The maximum Gasteiger partial charge on any atom is 0.305 e. The fourth-order valence-corrected chi connectivity index (χ4v) is 8.15. The molecule has 6 nitrogen and oxygen atoms in total. The minimum absolute atomic E-state index is 0.0415. The monoisotopic (exact) mass is 872 g/mol. The van der Waals surface area contributed by atoms with E-state index in [1.807, 2.05) is 6.08 Å². The maximum atomic E-state index is 12.4. The number of allylic oxidation sites excluding steroid dienone is 5. The molecule has 0 aromatic rings. The number of hydrogen-bond acceptors (Lipinski definition) is 5. The summed E-state index contributed by atoms with van der Waals surface area (Å²) in [7, 11) is 0. The molecule has 0 rings (SSSR count). The fourth-order valence-electron chi connectivity index (χ4n) is 8.15. The van der Waals surface area contributed by atoms with Crippen molar-refractivity contribution in [3.05, 3.63) is 36.5 Å². The van der Waals surface area contributed by atoms with E-state index in [-0.39, 0.29) is 18.5 Å². The molecule has 0 saturated carbocycles. The first-order chi connectivity index (χ1) is 30.5. The number of amides is 1. The highest BCUT2D eigenvalue weighted by atomic mass is 16.5. The first kappa shape index (κ1) is 60.1. The molecule has 3 N–H and O–H groups in total. The lowest BCUT2D eigenvalue weighted by atomic mass is 10.0. The Labute approximate surface area is 385 Å². The van der Waals surface area contributed by atoms with Gasteiger partial charge in [-0.05, 0) is 83.5 Å². The van der Waals surface area contributed by atoms with Crippen molar-refractivity contribution in [1.82, 2.24) is 5.32 Å². The van der Waals surface area contributed by atoms with Crippen LogP contribution in [-0.2, 0) is 14.3 Å². The highest BCUT2D eigenvalue weighted by molar-refractivity contribution is 5.76. The second-order valence-electron chi connectivity index (χ2n) is 18.5. The van der Waals surface area contributed by atoms with E-state index in [2.05, 4.69) is 43.5 Å². The van der Waals surface area contributed by atoms with Crippen molar-refractivity contribution in [3.8, 4) is 0 Å². The Morgan fingerprint density at radius 1 is 0.435 bits per heavy atom. The zero-order valence-corrected chi connectivity index (χ0v) is 41.4. The minimum Gasteiger partial charge on any atom is -0.466 e. The first-order valence-electron chi connectivity index (χ1n) is 27.3. The molecule has 0 aromatic carbocycles. The summed E-state index contributed by atoms with van der Waals surface area (Å²) >= 11 is 0. The lowest BCUT2D eigenvalue weighted by molar-refractivity contribution is -0.143. The van der Waals surface area contributed by atoms with Crippen LogP contribution in [-0.4, -0.2) is 47.4 Å². The molecule has 364 valence electrons. The number of nitrogens with one attached hydrogen (secondary N) is 1. The molecule has 0 heterocycles. The van der Waals surface area contributed by atoms with Crippen LogP contribution in [0.1, 0.15) is 284 Å². The predicted molar refractivity (Wildman–Crippen MR) is 269 cm³/mol. The second-order valence-corrected chi connectivity index (χ2v) is 18.5. The molecule has 0 spiro atoms. The number of carbonyl (C=O) groups excluding carboxylic acids is 2. The van der Waals surface area contributed by atoms with E-state index in [0.29, 0.717) is 19.4 Å². The van der Waals surface area contributed by atoms with Gasteiger partial charge in [0.05, 0.1) is 25.4 Å². The van der Waals surface area contributed by atoms with Crippen molar-refractivity contribution in [2.75, 3.05) is 13.2 Å². The van der Waals surface area contributed by atoms with Crippen LogP contribution in [0.3, 0.4) is 0 Å². The van der Waals surface area contributed by atoms with E-state index in [0.717, 1.165) is 77.0 Å². The summed E-state index contributed by atoms with van der Waals surface area (Å²) in [5.74, 6) is -0.145. The fraction of sp³-hybridized carbons (Fsp3) is 0.857. The Hall–Kier alpha value is -1.92. The number of rotatable bonds is 50. The van der Waals surface area contributed by atoms with Gasteiger partial charge in [0.25, 0.3) is 0 Å². The molecule has 0 aromatic heterocycles. The van der Waals surface area contributed by atoms with Gasteiger partial charge in [0.15, 0.2) is 0 Å². The second kappa shape index (κ2) is 51.7. The van der Waals surface area contributed by atoms with Gasteiger partial charge in [-0.2, -0.15) is 0 Å². The number of aliphatic hydroxyl groups excluding tert-OH is 2. The van der Waals surface area contributed by atoms with E-state index < -0.39 is 12.1 Å². The highest BCUT2D eigenvalue weighted by Gasteiger charge is 2.18. The van der Waals surface area contributed by atoms with Crippen LogP contribution < -0.4 is 5.32 Å². The van der Waals surface area contributed by atoms with Crippen LogP contribution in [0, 0.1) is 0 Å². The van der Waals surface area contributed by atoms with E-state index in [9.17, 15) is 19.8 Å². The Balaban J connectivity index is 3.55. The number of hydrogen-bond donors (Lipinski definition) is 3. The molecular weight excluding hydrogens is 767 g/mol. The average molecular weight is 872 g/mol. The number of esters is 1. The van der Waals surface area contributed by atoms with Crippen molar-refractivity contribution < 1.29 is 24.5 Å². The zero-order valence-electron chi connectivity index (χ0n) is 41.4. The van der Waals surface area contributed by atoms with Gasteiger partial charge in [0, 0.05) is 12.8 Å². The Morgan fingerprint density at radius 3 is 1.15 bits per heavy atom. The predicted octanol–water partition coefficient (Wildman–Crippen LogP) is 16.5. The third-order valence-corrected chi connectivity index (χ3v) is 12.4. The summed E-state index contributed by atoms with van der Waals surface area (Å²) < 4.78 is 5.44. The largest absolute Gasteiger partial charge is 0.466 e. The van der Waals surface area contributed by atoms with Gasteiger partial charge >= 0.3 is 5.97 Å². The van der Waals surface area contributed by atoms with Crippen molar-refractivity contribution in [2.45, 2.75) is 296 Å². The summed E-state index contributed by atoms with van der Waals surface area (Å²) in [6, 6.07) is -0.654. The SMILES string of the molecule is CCCCCCCCC/C=C\CCCCCCCCCC(=O)OCCCC/C=C\CCCCCCC(=O)NC(CO)C(O)/C=C/CCCCCCCCCCCCCCCCC. The molecule has 0 radical (unpaired) electrons. The third kappa shape index (κ3) is 47.6. The summed E-state index contributed by atoms with van der Waals surface area (Å²) in [4.78, 5) is 24.5. The molecule has 0 fully saturated rings. The van der Waals surface area contributed by atoms with Gasteiger partial charge in [-0.1, -0.05) is 224 Å². The van der Waals surface area contributed by atoms with Gasteiger partial charge in [0.2, 0.25) is 5.91 Å². The quantitative estimate of drug-likeness (QED) is 0.0321. The molecule has 0 saturated heterocycles. The van der Waals surface area contributed by atoms with E-state index >= 15 is 0 Å². The molecule has 0 aliphatic heterocycles. The molecule has 0 aliphatic rings. The van der Waals surface area contributed by atoms with Crippen molar-refractivity contribution in [3.63, 3.8) is 0 Å². The minimum atomic E-state index is -0.867. The average Bonchev–Trinajstić information content (AvgIpc) is 3.27. The molecule has 6 heteroatoms. The Bertz CT molecular complexity index is 1010. The summed E-state index contributed by atoms with van der Waals surface area (Å²) in [5, 5.41) is 23.1. The number of aliphatic hydroxyl groups is 2. The molecule has 0 aliphatic carbocycles. The van der Waals surface area contributed by atoms with Crippen molar-refractivity contribution in [2.24, 2.45) is 0 Å². The summed E-state index contributed by atoms with van der Waals surface area (Å²) in [5.41, 5.74) is 0. The molecular formula is C56H105NO5. The van der Waals surface area contributed by atoms with Gasteiger partial charge in [0.1, 0.15) is 0 Å². The van der Waals surface area contributed by atoms with Crippen molar-refractivity contribution >= 4 is 11.9 Å². The lowest BCUT2D eigenvalue weighted by Crippen LogP contribution is -2.45. The van der Waals surface area contributed by atoms with Gasteiger partial charge in [-0.15, -0.1) is 0 Å². The van der Waals surface area contributed by atoms with Crippen LogP contribution in [0.25, 0.3) is 0 Å². The van der Waals surface area contributed by atoms with Gasteiger partial charge in [-0.3, -0.25) is 9.59 Å². The van der Waals surface area contributed by atoms with Crippen LogP contribution >= 0.6 is 0 Å². The Morgan fingerprint density at radius 2 is 0.758 bits per heavy atom. The zero-order chi connectivity index (χ0) is 45.1. The molecule has 0 bridgehead atoms. The van der Waals surface area contributed by atoms with Gasteiger partial charge in [-0.25, -0.2) is 0 Å². The lowest BCUT2D eigenvalue weighted by Gasteiger charge is -2.20. The number of carbonyl (C=O) groups is 2. The van der Waals surface area contributed by atoms with Gasteiger partial charge < -0.3 is 20.3 Å². The van der Waals surface area contributed by atoms with E-state index in [1.54, 1.807) is 6.08 Å². The first-order valence-corrected chi connectivity index (χ1v) is 27.3. The van der Waals surface area contributed by atoms with Crippen molar-refractivity contribution in [1.29, 1.82) is 0 Å². The Kier molecular flexibility index (Phi) is 50.1. The number of unbranched alkanes of at least 4 members (excludes halogenated alkanes) is 35. The summed E-state index contributed by atoms with van der Waals surface area (Å²) in [6.45, 7) is 4.81. The topological polar surface area (TPSA) is 95.9 Å². The number of ether oxygens (including phenoxy) is 1. The van der Waals surface area contributed by atoms with Crippen LogP contribution in [0.4, 0.5) is 0 Å². The molecule has 62 heavy (non-hydrogen) atoms. The van der Waals surface area contributed by atoms with Crippen LogP contribution in [0.2, 0.25) is 0 Å². The normalized spacial score (nSPS) is 12.9. The van der Waals surface area contributed by atoms with Crippen LogP contribution in [0.15, 0.2) is 36.5 Å². The highest BCUT2D eigenvalue weighted by Crippen LogP contribution is 2.15. The van der Waals surface area contributed by atoms with Crippen LogP contribution in [0.5, 0.6) is 0 Å². The standard InChI is InChI=1S/C56H105NO5/c1-3-5-7-9-11-13-15-17-19-21-23-25-27-29-34-38-42-46-50-56(61)62-51-47-43-39-35-31-30-33-37-41-45-49-55(60)57-53(52-58)54(59)48-44-40-36-32-28-26-24-22-20-18-16-14-12-10-8-6-4-2/h19,21,31,35,44,48,53-54,58-59H,3-18,20,22-30,32-34,36-43,45-47,49-52H2,1-2H3,(H,57,60)/b21-19-,35-31-,48-44+.